The Morgan fingerprint density at radius 3 is 2.71 bits per heavy atom. The predicted octanol–water partition coefficient (Wildman–Crippen LogP) is 2.56. The zero-order valence-corrected chi connectivity index (χ0v) is 13.6. The van der Waals surface area contributed by atoms with Crippen LogP contribution in [0, 0.1) is 0 Å². The molecule has 7 nitrogen and oxygen atoms in total. The number of hydrogen-bond donors (Lipinski definition) is 2. The van der Waals surface area contributed by atoms with Crippen molar-refractivity contribution in [2.24, 2.45) is 0 Å². The first-order valence-corrected chi connectivity index (χ1v) is 8.70. The molecular formula is C16H15N3O4S. The number of hydrogen-bond acceptors (Lipinski definition) is 4. The van der Waals surface area contributed by atoms with E-state index in [9.17, 15) is 13.2 Å². The summed E-state index contributed by atoms with van der Waals surface area (Å²) in [6.07, 6.45) is 2.89. The number of carboxylic acid groups (broad SMARTS) is 1. The molecule has 0 bridgehead atoms. The highest BCUT2D eigenvalue weighted by molar-refractivity contribution is 7.92. The van der Waals surface area contributed by atoms with Gasteiger partial charge in [-0.2, -0.15) is 0 Å². The highest BCUT2D eigenvalue weighted by atomic mass is 32.2. The van der Waals surface area contributed by atoms with Crippen LogP contribution >= 0.6 is 0 Å². The minimum Gasteiger partial charge on any atom is -0.477 e. The normalized spacial score (nSPS) is 11.5. The Kier molecular flexibility index (Phi) is 3.98. The molecule has 2 N–H and O–H groups in total. The molecule has 2 aromatic heterocycles. The van der Waals surface area contributed by atoms with Gasteiger partial charge in [-0.25, -0.2) is 13.2 Å². The molecule has 0 unspecified atom stereocenters. The molecule has 8 heteroatoms. The van der Waals surface area contributed by atoms with Crippen LogP contribution in [-0.2, 0) is 16.6 Å². The number of fused-ring (bicyclic) bond motifs is 1. The lowest BCUT2D eigenvalue weighted by Gasteiger charge is -2.08. The highest BCUT2D eigenvalue weighted by Crippen LogP contribution is 2.24. The quantitative estimate of drug-likeness (QED) is 0.740. The van der Waals surface area contributed by atoms with Crippen LogP contribution in [-0.4, -0.2) is 29.0 Å². The van der Waals surface area contributed by atoms with Crippen LogP contribution in [0.25, 0.3) is 10.9 Å². The lowest BCUT2D eigenvalue weighted by molar-refractivity contribution is 0.0685. The molecule has 0 radical (unpaired) electrons. The summed E-state index contributed by atoms with van der Waals surface area (Å²) in [5.41, 5.74) is 0.792. The summed E-state index contributed by atoms with van der Waals surface area (Å²) in [7, 11) is -3.92. The Balaban J connectivity index is 2.04. The monoisotopic (exact) mass is 345 g/mol. The predicted molar refractivity (Wildman–Crippen MR) is 89.6 cm³/mol. The number of pyridine rings is 1. The molecule has 0 aliphatic carbocycles. The summed E-state index contributed by atoms with van der Waals surface area (Å²) >= 11 is 0. The number of sulfonamides is 1. The second-order valence-electron chi connectivity index (χ2n) is 5.14. The lowest BCUT2D eigenvalue weighted by atomic mass is 10.2. The van der Waals surface area contributed by atoms with Crippen LogP contribution in [0.4, 0.5) is 5.69 Å². The fourth-order valence-corrected chi connectivity index (χ4v) is 3.57. The maximum absolute atomic E-state index is 12.6. The van der Waals surface area contributed by atoms with Crippen LogP contribution in [0.2, 0.25) is 0 Å². The van der Waals surface area contributed by atoms with E-state index in [0.717, 1.165) is 11.5 Å². The van der Waals surface area contributed by atoms with Gasteiger partial charge in [-0.05, 0) is 25.1 Å². The molecule has 2 heterocycles. The van der Waals surface area contributed by atoms with Gasteiger partial charge in [-0.3, -0.25) is 9.71 Å². The Bertz CT molecular complexity index is 1020. The largest absolute Gasteiger partial charge is 0.477 e. The number of rotatable bonds is 5. The number of anilines is 1. The molecular weight excluding hydrogens is 330 g/mol. The second kappa shape index (κ2) is 5.97. The number of aromatic nitrogens is 2. The average molecular weight is 345 g/mol. The first kappa shape index (κ1) is 16.0. The van der Waals surface area contributed by atoms with E-state index < -0.39 is 16.0 Å². The Labute approximate surface area is 138 Å². The topological polar surface area (TPSA) is 101 Å². The molecule has 0 saturated heterocycles. The average Bonchev–Trinajstić information content (AvgIpc) is 3.00. The molecule has 0 fully saturated rings. The van der Waals surface area contributed by atoms with Crippen molar-refractivity contribution in [1.29, 1.82) is 0 Å². The summed E-state index contributed by atoms with van der Waals surface area (Å²) in [5, 5.41) is 9.96. The second-order valence-corrected chi connectivity index (χ2v) is 6.82. The van der Waals surface area contributed by atoms with Crippen molar-refractivity contribution in [3.63, 3.8) is 0 Å². The number of benzene rings is 1. The lowest BCUT2D eigenvalue weighted by Crippen LogP contribution is -2.12. The van der Waals surface area contributed by atoms with Gasteiger partial charge in [-0.15, -0.1) is 0 Å². The van der Waals surface area contributed by atoms with E-state index in [1.54, 1.807) is 31.3 Å². The van der Waals surface area contributed by atoms with Crippen LogP contribution in [0.5, 0.6) is 0 Å². The maximum atomic E-state index is 12.6. The number of carboxylic acids is 1. The summed E-state index contributed by atoms with van der Waals surface area (Å²) in [6.45, 7) is 2.10. The van der Waals surface area contributed by atoms with Crippen LogP contribution in [0.15, 0.2) is 53.7 Å². The molecule has 3 rings (SSSR count). The van der Waals surface area contributed by atoms with Crippen molar-refractivity contribution < 1.29 is 18.3 Å². The first-order chi connectivity index (χ1) is 11.4. The number of nitrogens with one attached hydrogen (secondary N) is 1. The van der Waals surface area contributed by atoms with Gasteiger partial charge in [0.15, 0.2) is 0 Å². The number of aromatic carboxylic acids is 1. The van der Waals surface area contributed by atoms with Crippen molar-refractivity contribution in [1.82, 2.24) is 9.55 Å². The van der Waals surface area contributed by atoms with Gasteiger partial charge in [0.1, 0.15) is 10.6 Å². The SMILES string of the molecule is CCn1cc(S(=O)(=O)Nc2cccc3cccnc23)cc1C(=O)O. The third kappa shape index (κ3) is 2.83. The van der Waals surface area contributed by atoms with Gasteiger partial charge in [-0.1, -0.05) is 18.2 Å². The van der Waals surface area contributed by atoms with Crippen molar-refractivity contribution in [3.8, 4) is 0 Å². The number of nitrogens with zero attached hydrogens (tertiary/aromatic N) is 2. The van der Waals surface area contributed by atoms with Crippen molar-refractivity contribution >= 4 is 32.6 Å². The number of para-hydroxylation sites is 1. The Hall–Kier alpha value is -2.87. The van der Waals surface area contributed by atoms with E-state index in [4.69, 9.17) is 5.11 Å². The minimum atomic E-state index is -3.92. The molecule has 0 aliphatic rings. The van der Waals surface area contributed by atoms with E-state index >= 15 is 0 Å². The molecule has 1 aromatic carbocycles. The fourth-order valence-electron chi connectivity index (χ4n) is 2.46. The van der Waals surface area contributed by atoms with Crippen molar-refractivity contribution in [2.45, 2.75) is 18.4 Å². The van der Waals surface area contributed by atoms with Crippen LogP contribution in [0.1, 0.15) is 17.4 Å². The number of aryl methyl sites for hydroxylation is 1. The maximum Gasteiger partial charge on any atom is 0.352 e. The molecule has 3 aromatic rings. The van der Waals surface area contributed by atoms with Gasteiger partial charge >= 0.3 is 5.97 Å². The molecule has 0 amide bonds. The molecule has 0 spiro atoms. The Morgan fingerprint density at radius 1 is 1.29 bits per heavy atom. The summed E-state index contributed by atoms with van der Waals surface area (Å²) in [4.78, 5) is 15.3. The Morgan fingerprint density at radius 2 is 2.04 bits per heavy atom. The van der Waals surface area contributed by atoms with Gasteiger partial charge in [0.2, 0.25) is 0 Å². The number of carbonyl (C=O) groups is 1. The molecule has 0 atom stereocenters. The highest BCUT2D eigenvalue weighted by Gasteiger charge is 2.21. The smallest absolute Gasteiger partial charge is 0.352 e. The van der Waals surface area contributed by atoms with Crippen LogP contribution < -0.4 is 4.72 Å². The first-order valence-electron chi connectivity index (χ1n) is 7.22. The van der Waals surface area contributed by atoms with E-state index in [-0.39, 0.29) is 10.6 Å². The molecule has 24 heavy (non-hydrogen) atoms. The minimum absolute atomic E-state index is 0.0751. The summed E-state index contributed by atoms with van der Waals surface area (Å²) in [6, 6.07) is 9.91. The molecule has 0 aliphatic heterocycles. The van der Waals surface area contributed by atoms with E-state index in [0.29, 0.717) is 17.7 Å². The third-order valence-electron chi connectivity index (χ3n) is 3.62. The fraction of sp³-hybridized carbons (Fsp3) is 0.125. The van der Waals surface area contributed by atoms with Crippen molar-refractivity contribution in [2.75, 3.05) is 4.72 Å². The van der Waals surface area contributed by atoms with Crippen molar-refractivity contribution in [3.05, 3.63) is 54.5 Å². The van der Waals surface area contributed by atoms with Gasteiger partial charge < -0.3 is 9.67 Å². The van der Waals surface area contributed by atoms with E-state index in [2.05, 4.69) is 9.71 Å². The third-order valence-corrected chi connectivity index (χ3v) is 4.95. The van der Waals surface area contributed by atoms with E-state index in [1.807, 2.05) is 12.1 Å². The van der Waals surface area contributed by atoms with Crippen LogP contribution in [0.3, 0.4) is 0 Å². The zero-order valence-electron chi connectivity index (χ0n) is 12.8. The molecule has 124 valence electrons. The zero-order chi connectivity index (χ0) is 17.3. The summed E-state index contributed by atoms with van der Waals surface area (Å²) < 4.78 is 29.1. The standard InChI is InChI=1S/C16H15N3O4S/c1-2-19-10-12(9-14(19)16(20)21)24(22,23)18-13-7-3-5-11-6-4-8-17-15(11)13/h3-10,18H,2H2,1H3,(H,20,21). The van der Waals surface area contributed by atoms with Gasteiger partial charge in [0.05, 0.1) is 11.2 Å². The molecule has 0 saturated carbocycles. The van der Waals surface area contributed by atoms with E-state index in [1.165, 1.54) is 10.8 Å². The van der Waals surface area contributed by atoms with Gasteiger partial charge in [0, 0.05) is 24.3 Å². The van der Waals surface area contributed by atoms with Gasteiger partial charge in [0.25, 0.3) is 10.0 Å². The summed E-state index contributed by atoms with van der Waals surface area (Å²) in [5.74, 6) is -1.18.